The number of anilines is 1. The van der Waals surface area contributed by atoms with E-state index in [4.69, 9.17) is 19.9 Å². The third-order valence-corrected chi connectivity index (χ3v) is 4.09. The van der Waals surface area contributed by atoms with Gasteiger partial charge in [0.2, 0.25) is 5.60 Å². The highest BCUT2D eigenvalue weighted by atomic mass is 16.7. The molecule has 0 amide bonds. The van der Waals surface area contributed by atoms with E-state index in [-0.39, 0.29) is 12.5 Å². The molecule has 0 bridgehead atoms. The SMILES string of the molecule is CC(C)OC(=O)OC[C@@]1(C#N)O[C@@H](c2ccc3c(N)ncnn23)C[C@@H]1O. The Labute approximate surface area is 149 Å². The molecule has 10 nitrogen and oxygen atoms in total. The Morgan fingerprint density at radius 1 is 1.62 bits per heavy atom. The summed E-state index contributed by atoms with van der Waals surface area (Å²) in [5, 5.41) is 24.0. The number of carbonyl (C=O) groups excluding carboxylic acids is 1. The Hall–Kier alpha value is -2.90. The number of carbonyl (C=O) groups is 1. The van der Waals surface area contributed by atoms with Crippen molar-refractivity contribution in [2.45, 2.75) is 44.2 Å². The lowest BCUT2D eigenvalue weighted by molar-refractivity contribution is -0.0877. The average Bonchev–Trinajstić information content (AvgIpc) is 3.15. The minimum Gasteiger partial charge on any atom is -0.432 e. The van der Waals surface area contributed by atoms with Crippen LogP contribution in [0.25, 0.3) is 5.52 Å². The van der Waals surface area contributed by atoms with Crippen molar-refractivity contribution in [2.75, 3.05) is 12.3 Å². The highest BCUT2D eigenvalue weighted by Crippen LogP contribution is 2.40. The maximum atomic E-state index is 11.6. The van der Waals surface area contributed by atoms with Crippen LogP contribution in [-0.2, 0) is 14.2 Å². The molecule has 0 radical (unpaired) electrons. The number of rotatable bonds is 4. The first-order valence-electron chi connectivity index (χ1n) is 8.05. The number of aliphatic hydroxyl groups is 1. The summed E-state index contributed by atoms with van der Waals surface area (Å²) in [6.45, 7) is 2.89. The molecule has 0 aliphatic carbocycles. The Morgan fingerprint density at radius 3 is 3.08 bits per heavy atom. The van der Waals surface area contributed by atoms with Gasteiger partial charge in [-0.15, -0.1) is 0 Å². The summed E-state index contributed by atoms with van der Waals surface area (Å²) in [7, 11) is 0. The molecule has 10 heteroatoms. The first-order chi connectivity index (χ1) is 12.4. The summed E-state index contributed by atoms with van der Waals surface area (Å²) in [5.41, 5.74) is 5.31. The lowest BCUT2D eigenvalue weighted by Crippen LogP contribution is -2.43. The molecular weight excluding hydrogens is 342 g/mol. The quantitative estimate of drug-likeness (QED) is 0.760. The molecule has 0 spiro atoms. The molecule has 26 heavy (non-hydrogen) atoms. The average molecular weight is 361 g/mol. The van der Waals surface area contributed by atoms with Gasteiger partial charge in [0, 0.05) is 6.42 Å². The van der Waals surface area contributed by atoms with Gasteiger partial charge in [-0.1, -0.05) is 0 Å². The largest absolute Gasteiger partial charge is 0.508 e. The first-order valence-corrected chi connectivity index (χ1v) is 8.05. The highest BCUT2D eigenvalue weighted by Gasteiger charge is 2.51. The third kappa shape index (κ3) is 3.14. The smallest absolute Gasteiger partial charge is 0.432 e. The van der Waals surface area contributed by atoms with Crippen molar-refractivity contribution in [2.24, 2.45) is 0 Å². The maximum absolute atomic E-state index is 11.6. The van der Waals surface area contributed by atoms with E-state index in [1.807, 2.05) is 6.07 Å². The molecule has 1 fully saturated rings. The molecule has 1 aliphatic heterocycles. The summed E-state index contributed by atoms with van der Waals surface area (Å²) >= 11 is 0. The maximum Gasteiger partial charge on any atom is 0.508 e. The van der Waals surface area contributed by atoms with Crippen LogP contribution in [0.4, 0.5) is 10.6 Å². The number of hydrogen-bond acceptors (Lipinski definition) is 9. The van der Waals surface area contributed by atoms with Crippen LogP contribution >= 0.6 is 0 Å². The number of aromatic nitrogens is 3. The summed E-state index contributed by atoms with van der Waals surface area (Å²) in [6, 6.07) is 5.38. The molecule has 3 N–H and O–H groups in total. The summed E-state index contributed by atoms with van der Waals surface area (Å²) in [5.74, 6) is 0.302. The molecule has 0 unspecified atom stereocenters. The van der Waals surface area contributed by atoms with Crippen molar-refractivity contribution in [3.05, 3.63) is 24.2 Å². The van der Waals surface area contributed by atoms with Gasteiger partial charge in [0.15, 0.2) is 5.82 Å². The van der Waals surface area contributed by atoms with Crippen LogP contribution in [0.1, 0.15) is 32.1 Å². The van der Waals surface area contributed by atoms with Crippen LogP contribution in [0, 0.1) is 11.3 Å². The lowest BCUT2D eigenvalue weighted by Gasteiger charge is -2.24. The number of hydrogen-bond donors (Lipinski definition) is 2. The van der Waals surface area contributed by atoms with Crippen molar-refractivity contribution in [3.8, 4) is 6.07 Å². The van der Waals surface area contributed by atoms with E-state index in [2.05, 4.69) is 10.1 Å². The van der Waals surface area contributed by atoms with E-state index in [0.29, 0.717) is 17.0 Å². The molecule has 1 aliphatic rings. The molecule has 3 rings (SSSR count). The number of nitrogen functional groups attached to an aromatic ring is 1. The monoisotopic (exact) mass is 361 g/mol. The number of nitrogens with two attached hydrogens (primary N) is 1. The van der Waals surface area contributed by atoms with Gasteiger partial charge in [-0.25, -0.2) is 14.3 Å². The van der Waals surface area contributed by atoms with E-state index >= 15 is 0 Å². The molecule has 138 valence electrons. The van der Waals surface area contributed by atoms with Gasteiger partial charge in [0.05, 0.1) is 11.8 Å². The summed E-state index contributed by atoms with van der Waals surface area (Å²) in [4.78, 5) is 15.5. The fourth-order valence-corrected chi connectivity index (χ4v) is 2.83. The molecule has 3 heterocycles. The third-order valence-electron chi connectivity index (χ3n) is 4.09. The Bertz CT molecular complexity index is 860. The van der Waals surface area contributed by atoms with Crippen molar-refractivity contribution >= 4 is 17.5 Å². The second-order valence-electron chi connectivity index (χ2n) is 6.27. The van der Waals surface area contributed by atoms with Crippen molar-refractivity contribution in [1.29, 1.82) is 5.26 Å². The highest BCUT2D eigenvalue weighted by molar-refractivity contribution is 5.65. The van der Waals surface area contributed by atoms with Gasteiger partial charge in [0.1, 0.15) is 36.7 Å². The van der Waals surface area contributed by atoms with E-state index in [1.165, 1.54) is 6.33 Å². The minimum absolute atomic E-state index is 0.131. The fourth-order valence-electron chi connectivity index (χ4n) is 2.83. The minimum atomic E-state index is -1.69. The summed E-state index contributed by atoms with van der Waals surface area (Å²) in [6.07, 6.45) is -1.64. The van der Waals surface area contributed by atoms with Crippen LogP contribution in [0.5, 0.6) is 0 Å². The van der Waals surface area contributed by atoms with Gasteiger partial charge in [-0.05, 0) is 26.0 Å². The molecule has 2 aromatic heterocycles. The number of aliphatic hydroxyl groups excluding tert-OH is 1. The topological polar surface area (TPSA) is 145 Å². The number of fused-ring (bicyclic) bond motifs is 1. The Morgan fingerprint density at radius 2 is 2.38 bits per heavy atom. The van der Waals surface area contributed by atoms with Crippen LogP contribution < -0.4 is 5.73 Å². The van der Waals surface area contributed by atoms with Gasteiger partial charge in [-0.3, -0.25) is 0 Å². The normalized spacial score (nSPS) is 25.3. The van der Waals surface area contributed by atoms with E-state index in [0.717, 1.165) is 0 Å². The molecule has 0 saturated carbocycles. The van der Waals surface area contributed by atoms with E-state index in [1.54, 1.807) is 30.5 Å². The van der Waals surface area contributed by atoms with Crippen LogP contribution in [0.2, 0.25) is 0 Å². The lowest BCUT2D eigenvalue weighted by atomic mass is 9.98. The van der Waals surface area contributed by atoms with Gasteiger partial charge >= 0.3 is 6.16 Å². The number of ether oxygens (including phenoxy) is 3. The first kappa shape index (κ1) is 17.9. The van der Waals surface area contributed by atoms with Gasteiger partial charge < -0.3 is 25.1 Å². The van der Waals surface area contributed by atoms with Crippen LogP contribution in [-0.4, -0.2) is 50.3 Å². The Kier molecular flexibility index (Phi) is 4.67. The van der Waals surface area contributed by atoms with E-state index < -0.39 is 30.6 Å². The van der Waals surface area contributed by atoms with Crippen molar-refractivity contribution in [3.63, 3.8) is 0 Å². The zero-order chi connectivity index (χ0) is 18.9. The number of nitriles is 1. The Balaban J connectivity index is 1.79. The second-order valence-corrected chi connectivity index (χ2v) is 6.27. The fraction of sp³-hybridized carbons (Fsp3) is 0.500. The van der Waals surface area contributed by atoms with Crippen molar-refractivity contribution < 1.29 is 24.1 Å². The molecular formula is C16H19N5O5. The van der Waals surface area contributed by atoms with Gasteiger partial charge in [0.25, 0.3) is 0 Å². The molecule has 1 saturated heterocycles. The second kappa shape index (κ2) is 6.78. The zero-order valence-electron chi connectivity index (χ0n) is 14.3. The van der Waals surface area contributed by atoms with Crippen LogP contribution in [0.3, 0.4) is 0 Å². The van der Waals surface area contributed by atoms with Crippen LogP contribution in [0.15, 0.2) is 18.5 Å². The summed E-state index contributed by atoms with van der Waals surface area (Å²) < 4.78 is 17.1. The molecule has 0 aromatic carbocycles. The zero-order valence-corrected chi connectivity index (χ0v) is 14.3. The molecule has 2 aromatic rings. The van der Waals surface area contributed by atoms with Gasteiger partial charge in [-0.2, -0.15) is 10.4 Å². The standard InChI is InChI=1S/C16H19N5O5/c1-9(2)25-15(23)24-7-16(6-17)13(22)5-12(26-16)10-3-4-11-14(18)19-8-20-21(10)11/h3-4,8-9,12-13,22H,5,7H2,1-2H3,(H2,18,19,20)/t12-,13+,16-/m1/s1. The van der Waals surface area contributed by atoms with Crippen molar-refractivity contribution in [1.82, 2.24) is 14.6 Å². The number of nitrogens with zero attached hydrogens (tertiary/aromatic N) is 4. The van der Waals surface area contributed by atoms with E-state index in [9.17, 15) is 15.2 Å². The predicted molar refractivity (Wildman–Crippen MR) is 87.8 cm³/mol. The predicted octanol–water partition coefficient (Wildman–Crippen LogP) is 0.958. The molecule has 3 atom stereocenters.